The van der Waals surface area contributed by atoms with Crippen LogP contribution in [0, 0.1) is 0 Å². The maximum atomic E-state index is 11.4. The second kappa shape index (κ2) is 6.13. The molecule has 0 fully saturated rings. The van der Waals surface area contributed by atoms with Gasteiger partial charge in [-0.2, -0.15) is 0 Å². The van der Waals surface area contributed by atoms with Crippen LogP contribution in [-0.2, 0) is 5.41 Å². The highest BCUT2D eigenvalue weighted by Crippen LogP contribution is 2.29. The highest BCUT2D eigenvalue weighted by molar-refractivity contribution is 5.94. The molecule has 0 radical (unpaired) electrons. The van der Waals surface area contributed by atoms with Crippen molar-refractivity contribution in [1.82, 2.24) is 0 Å². The molecule has 21 heavy (non-hydrogen) atoms. The maximum absolute atomic E-state index is 11.4. The largest absolute Gasteiger partial charge is 0.457 e. The van der Waals surface area contributed by atoms with Gasteiger partial charge >= 0.3 is 0 Å². The van der Waals surface area contributed by atoms with Crippen molar-refractivity contribution in [1.29, 1.82) is 0 Å². The molecule has 0 heterocycles. The van der Waals surface area contributed by atoms with E-state index in [0.717, 1.165) is 12.2 Å². The predicted octanol–water partition coefficient (Wildman–Crippen LogP) is 5.37. The van der Waals surface area contributed by atoms with Crippen LogP contribution in [0.25, 0.3) is 0 Å². The normalized spacial score (nSPS) is 11.2. The summed E-state index contributed by atoms with van der Waals surface area (Å²) in [5.41, 5.74) is 2.14. The van der Waals surface area contributed by atoms with Crippen LogP contribution in [-0.4, -0.2) is 5.78 Å². The van der Waals surface area contributed by atoms with E-state index in [1.54, 1.807) is 19.1 Å². The quantitative estimate of drug-likeness (QED) is 0.689. The van der Waals surface area contributed by atoms with Crippen LogP contribution in [0.1, 0.15) is 50.0 Å². The number of Topliss-reactive ketones (excluding diaryl/α,β-unsaturated/α-hetero) is 1. The molecule has 0 unspecified atom stereocenters. The van der Waals surface area contributed by atoms with Gasteiger partial charge < -0.3 is 4.74 Å². The molecule has 2 nitrogen and oxygen atoms in total. The van der Waals surface area contributed by atoms with Gasteiger partial charge in [-0.25, -0.2) is 0 Å². The molecule has 0 aliphatic carbocycles. The Morgan fingerprint density at radius 2 is 1.71 bits per heavy atom. The summed E-state index contributed by atoms with van der Waals surface area (Å²) in [5.74, 6) is 1.51. The lowest BCUT2D eigenvalue weighted by Gasteiger charge is -2.23. The number of ether oxygens (including phenoxy) is 1. The smallest absolute Gasteiger partial charge is 0.159 e. The van der Waals surface area contributed by atoms with Crippen LogP contribution in [0.15, 0.2) is 48.5 Å². The zero-order valence-corrected chi connectivity index (χ0v) is 13.1. The van der Waals surface area contributed by atoms with Gasteiger partial charge in [0.15, 0.2) is 5.78 Å². The van der Waals surface area contributed by atoms with Gasteiger partial charge in [0, 0.05) is 5.56 Å². The number of benzene rings is 2. The lowest BCUT2D eigenvalue weighted by atomic mass is 9.82. The minimum absolute atomic E-state index is 0.0421. The highest BCUT2D eigenvalue weighted by Gasteiger charge is 2.17. The molecule has 110 valence electrons. The number of carbonyl (C=O) groups excluding carboxylic acids is 1. The zero-order valence-electron chi connectivity index (χ0n) is 13.1. The molecule has 2 rings (SSSR count). The summed E-state index contributed by atoms with van der Waals surface area (Å²) >= 11 is 0. The molecular formula is C19H22O2. The standard InChI is InChI=1S/C19H22O2/c1-5-19(3,4)16-9-11-17(12-10-16)21-18-8-6-7-15(13-18)14(2)20/h6-13H,5H2,1-4H3. The first-order valence-electron chi connectivity index (χ1n) is 7.32. The van der Waals surface area contributed by atoms with Gasteiger partial charge in [-0.1, -0.05) is 45.0 Å². The molecule has 0 saturated carbocycles. The SMILES string of the molecule is CCC(C)(C)c1ccc(Oc2cccc(C(C)=O)c2)cc1. The Labute approximate surface area is 126 Å². The van der Waals surface area contributed by atoms with E-state index in [1.165, 1.54) is 5.56 Å². The summed E-state index contributed by atoms with van der Waals surface area (Å²) in [6.45, 7) is 8.22. The third-order valence-electron chi connectivity index (χ3n) is 4.00. The van der Waals surface area contributed by atoms with E-state index in [0.29, 0.717) is 11.3 Å². The fourth-order valence-corrected chi connectivity index (χ4v) is 2.09. The van der Waals surface area contributed by atoms with E-state index < -0.39 is 0 Å². The third kappa shape index (κ3) is 3.72. The minimum atomic E-state index is 0.0421. The van der Waals surface area contributed by atoms with Crippen LogP contribution < -0.4 is 4.74 Å². The molecule has 0 bridgehead atoms. The molecule has 0 aliphatic rings. The first-order chi connectivity index (χ1) is 9.92. The number of carbonyl (C=O) groups is 1. The molecule has 0 atom stereocenters. The topological polar surface area (TPSA) is 26.3 Å². The molecule has 0 N–H and O–H groups in total. The summed E-state index contributed by atoms with van der Waals surface area (Å²) in [7, 11) is 0. The average Bonchev–Trinajstić information content (AvgIpc) is 2.48. The van der Waals surface area contributed by atoms with Crippen molar-refractivity contribution in [2.24, 2.45) is 0 Å². The van der Waals surface area contributed by atoms with E-state index >= 15 is 0 Å². The Kier molecular flexibility index (Phi) is 4.46. The Balaban J connectivity index is 2.17. The number of hydrogen-bond donors (Lipinski definition) is 0. The number of hydrogen-bond acceptors (Lipinski definition) is 2. The van der Waals surface area contributed by atoms with Crippen LogP contribution in [0.3, 0.4) is 0 Å². The monoisotopic (exact) mass is 282 g/mol. The molecule has 0 amide bonds. The van der Waals surface area contributed by atoms with E-state index in [2.05, 4.69) is 32.9 Å². The van der Waals surface area contributed by atoms with Crippen molar-refractivity contribution in [2.45, 2.75) is 39.5 Å². The Hall–Kier alpha value is -2.09. The molecule has 0 aliphatic heterocycles. The van der Waals surface area contributed by atoms with E-state index in [1.807, 2.05) is 24.3 Å². The van der Waals surface area contributed by atoms with Crippen LogP contribution in [0.2, 0.25) is 0 Å². The van der Waals surface area contributed by atoms with Crippen molar-refractivity contribution in [3.8, 4) is 11.5 Å². The molecular weight excluding hydrogens is 260 g/mol. The fraction of sp³-hybridized carbons (Fsp3) is 0.316. The first kappa shape index (κ1) is 15.3. The fourth-order valence-electron chi connectivity index (χ4n) is 2.09. The summed E-state index contributed by atoms with van der Waals surface area (Å²) < 4.78 is 5.82. The van der Waals surface area contributed by atoms with Gasteiger partial charge in [0.25, 0.3) is 0 Å². The van der Waals surface area contributed by atoms with E-state index in [9.17, 15) is 4.79 Å². The molecule has 0 spiro atoms. The first-order valence-corrected chi connectivity index (χ1v) is 7.32. The van der Waals surface area contributed by atoms with Gasteiger partial charge in [-0.3, -0.25) is 4.79 Å². The molecule has 0 saturated heterocycles. The van der Waals surface area contributed by atoms with Crippen molar-refractivity contribution in [3.63, 3.8) is 0 Å². The predicted molar refractivity (Wildman–Crippen MR) is 86.3 cm³/mol. The molecule has 2 aromatic carbocycles. The minimum Gasteiger partial charge on any atom is -0.457 e. The van der Waals surface area contributed by atoms with Gasteiger partial charge in [-0.05, 0) is 48.6 Å². The Morgan fingerprint density at radius 1 is 1.05 bits per heavy atom. The van der Waals surface area contributed by atoms with Gasteiger partial charge in [-0.15, -0.1) is 0 Å². The average molecular weight is 282 g/mol. The lowest BCUT2D eigenvalue weighted by Crippen LogP contribution is -2.14. The maximum Gasteiger partial charge on any atom is 0.159 e. The van der Waals surface area contributed by atoms with Crippen molar-refractivity contribution in [2.75, 3.05) is 0 Å². The Morgan fingerprint density at radius 3 is 2.29 bits per heavy atom. The van der Waals surface area contributed by atoms with Gasteiger partial charge in [0.2, 0.25) is 0 Å². The zero-order chi connectivity index (χ0) is 15.5. The summed E-state index contributed by atoms with van der Waals surface area (Å²) in [4.78, 5) is 11.4. The Bertz CT molecular complexity index is 624. The number of ketones is 1. The molecule has 2 aromatic rings. The summed E-state index contributed by atoms with van der Waals surface area (Å²) in [5, 5.41) is 0. The number of rotatable bonds is 5. The summed E-state index contributed by atoms with van der Waals surface area (Å²) in [6, 6.07) is 15.4. The summed E-state index contributed by atoms with van der Waals surface area (Å²) in [6.07, 6.45) is 1.09. The van der Waals surface area contributed by atoms with Gasteiger partial charge in [0.05, 0.1) is 0 Å². The van der Waals surface area contributed by atoms with Gasteiger partial charge in [0.1, 0.15) is 11.5 Å². The third-order valence-corrected chi connectivity index (χ3v) is 4.00. The lowest BCUT2D eigenvalue weighted by molar-refractivity contribution is 0.101. The van der Waals surface area contributed by atoms with Crippen LogP contribution >= 0.6 is 0 Å². The van der Waals surface area contributed by atoms with E-state index in [-0.39, 0.29) is 11.2 Å². The van der Waals surface area contributed by atoms with Crippen LogP contribution in [0.5, 0.6) is 11.5 Å². The van der Waals surface area contributed by atoms with E-state index in [4.69, 9.17) is 4.74 Å². The van der Waals surface area contributed by atoms with Crippen molar-refractivity contribution < 1.29 is 9.53 Å². The van der Waals surface area contributed by atoms with Crippen molar-refractivity contribution in [3.05, 3.63) is 59.7 Å². The second-order valence-corrected chi connectivity index (χ2v) is 5.95. The molecule has 0 aromatic heterocycles. The molecule has 2 heteroatoms. The van der Waals surface area contributed by atoms with Crippen molar-refractivity contribution >= 4 is 5.78 Å². The van der Waals surface area contributed by atoms with Crippen LogP contribution in [0.4, 0.5) is 0 Å². The highest BCUT2D eigenvalue weighted by atomic mass is 16.5. The second-order valence-electron chi connectivity index (χ2n) is 5.95.